The van der Waals surface area contributed by atoms with E-state index < -0.39 is 0 Å². The molecule has 1 aliphatic rings. The summed E-state index contributed by atoms with van der Waals surface area (Å²) in [6.45, 7) is 8.10. The summed E-state index contributed by atoms with van der Waals surface area (Å²) in [5, 5.41) is 3.04. The van der Waals surface area contributed by atoms with Gasteiger partial charge >= 0.3 is 0 Å². The van der Waals surface area contributed by atoms with E-state index in [1.54, 1.807) is 0 Å². The van der Waals surface area contributed by atoms with E-state index in [1.807, 2.05) is 38.1 Å². The topological polar surface area (TPSA) is 41.6 Å². The predicted octanol–water partition coefficient (Wildman–Crippen LogP) is 5.21. The zero-order valence-corrected chi connectivity index (χ0v) is 18.5. The predicted molar refractivity (Wildman–Crippen MR) is 123 cm³/mol. The molecule has 1 saturated heterocycles. The third-order valence-corrected chi connectivity index (χ3v) is 5.52. The summed E-state index contributed by atoms with van der Waals surface area (Å²) >= 11 is 0. The van der Waals surface area contributed by atoms with Gasteiger partial charge in [-0.25, -0.2) is 0 Å². The van der Waals surface area contributed by atoms with Crippen LogP contribution in [0.1, 0.15) is 67.4 Å². The van der Waals surface area contributed by atoms with Crippen molar-refractivity contribution >= 4 is 5.91 Å². The van der Waals surface area contributed by atoms with Crippen LogP contribution in [-0.4, -0.2) is 36.5 Å². The van der Waals surface area contributed by atoms with Crippen LogP contribution in [0.5, 0.6) is 5.75 Å². The van der Waals surface area contributed by atoms with Gasteiger partial charge < -0.3 is 10.1 Å². The molecule has 1 heterocycles. The van der Waals surface area contributed by atoms with Crippen LogP contribution in [0, 0.1) is 0 Å². The second-order valence-electron chi connectivity index (χ2n) is 8.56. The van der Waals surface area contributed by atoms with Gasteiger partial charge in [0.05, 0.1) is 6.10 Å². The van der Waals surface area contributed by atoms with Crippen LogP contribution in [0.4, 0.5) is 0 Å². The van der Waals surface area contributed by atoms with E-state index >= 15 is 0 Å². The van der Waals surface area contributed by atoms with Crippen molar-refractivity contribution in [3.8, 4) is 5.75 Å². The number of carbonyl (C=O) groups excluding carboxylic acids is 1. The van der Waals surface area contributed by atoms with Crippen LogP contribution in [0.2, 0.25) is 0 Å². The zero-order valence-electron chi connectivity index (χ0n) is 18.5. The summed E-state index contributed by atoms with van der Waals surface area (Å²) < 4.78 is 5.75. The minimum absolute atomic E-state index is 0.00761. The van der Waals surface area contributed by atoms with Crippen molar-refractivity contribution in [3.05, 3.63) is 65.2 Å². The fourth-order valence-corrected chi connectivity index (χ4v) is 3.96. The van der Waals surface area contributed by atoms with Crippen molar-refractivity contribution in [1.82, 2.24) is 10.2 Å². The van der Waals surface area contributed by atoms with E-state index in [4.69, 9.17) is 4.74 Å². The van der Waals surface area contributed by atoms with E-state index in [0.717, 1.165) is 30.7 Å². The van der Waals surface area contributed by atoms with Crippen LogP contribution in [0.25, 0.3) is 0 Å². The van der Waals surface area contributed by atoms with Gasteiger partial charge in [0.15, 0.2) is 0 Å². The molecule has 0 aliphatic carbocycles. The number of benzene rings is 2. The third-order valence-electron chi connectivity index (χ3n) is 5.52. The Bertz CT molecular complexity index is 778. The summed E-state index contributed by atoms with van der Waals surface area (Å²) in [7, 11) is 0. The molecule has 1 aliphatic heterocycles. The zero-order chi connectivity index (χ0) is 21.2. The SMILES string of the molecule is CC(C)Oc1cccc(CCCNC(=O)c2ccc(CN3CCCCCC3)cc2)c1. The Morgan fingerprint density at radius 1 is 1.00 bits per heavy atom. The Morgan fingerprint density at radius 3 is 2.43 bits per heavy atom. The minimum Gasteiger partial charge on any atom is -0.491 e. The van der Waals surface area contributed by atoms with E-state index in [1.165, 1.54) is 49.9 Å². The van der Waals surface area contributed by atoms with Crippen LogP contribution < -0.4 is 10.1 Å². The number of rotatable bonds is 9. The first kappa shape index (κ1) is 22.4. The molecule has 0 bridgehead atoms. The van der Waals surface area contributed by atoms with Gasteiger partial charge in [0.25, 0.3) is 5.91 Å². The molecule has 0 aromatic heterocycles. The number of hydrogen-bond acceptors (Lipinski definition) is 3. The summed E-state index contributed by atoms with van der Waals surface area (Å²) in [5.74, 6) is 0.917. The molecule has 0 unspecified atom stereocenters. The first-order valence-corrected chi connectivity index (χ1v) is 11.5. The second-order valence-corrected chi connectivity index (χ2v) is 8.56. The highest BCUT2D eigenvalue weighted by molar-refractivity contribution is 5.94. The summed E-state index contributed by atoms with van der Waals surface area (Å²) in [6, 6.07) is 16.3. The number of carbonyl (C=O) groups is 1. The van der Waals surface area contributed by atoms with Gasteiger partial charge in [-0.05, 0) is 88.0 Å². The lowest BCUT2D eigenvalue weighted by Gasteiger charge is -2.19. The Labute approximate surface area is 181 Å². The van der Waals surface area contributed by atoms with Gasteiger partial charge in [-0.3, -0.25) is 9.69 Å². The molecular weight excluding hydrogens is 372 g/mol. The normalized spacial score (nSPS) is 15.0. The molecule has 3 rings (SSSR count). The number of likely N-dealkylation sites (tertiary alicyclic amines) is 1. The number of ether oxygens (including phenoxy) is 1. The molecule has 1 N–H and O–H groups in total. The molecule has 1 amide bonds. The molecule has 1 fully saturated rings. The second kappa shape index (κ2) is 11.8. The van der Waals surface area contributed by atoms with Crippen molar-refractivity contribution in [2.45, 2.75) is 65.0 Å². The quantitative estimate of drug-likeness (QED) is 0.579. The summed E-state index contributed by atoms with van der Waals surface area (Å²) in [5.41, 5.74) is 3.26. The minimum atomic E-state index is 0.00761. The molecule has 0 saturated carbocycles. The summed E-state index contributed by atoms with van der Waals surface area (Å²) in [4.78, 5) is 15.0. The molecule has 0 atom stereocenters. The molecule has 4 nitrogen and oxygen atoms in total. The average Bonchev–Trinajstić information content (AvgIpc) is 3.00. The Balaban J connectivity index is 1.40. The Hall–Kier alpha value is -2.33. The van der Waals surface area contributed by atoms with Crippen LogP contribution in [0.15, 0.2) is 48.5 Å². The van der Waals surface area contributed by atoms with Crippen LogP contribution in [-0.2, 0) is 13.0 Å². The number of aryl methyl sites for hydroxylation is 1. The van der Waals surface area contributed by atoms with Crippen molar-refractivity contribution < 1.29 is 9.53 Å². The number of nitrogens with zero attached hydrogens (tertiary/aromatic N) is 1. The Morgan fingerprint density at radius 2 is 1.73 bits per heavy atom. The maximum absolute atomic E-state index is 12.4. The molecule has 0 radical (unpaired) electrons. The van der Waals surface area contributed by atoms with E-state index in [0.29, 0.717) is 6.54 Å². The molecule has 2 aromatic carbocycles. The smallest absolute Gasteiger partial charge is 0.251 e. The highest BCUT2D eigenvalue weighted by Gasteiger charge is 2.10. The fourth-order valence-electron chi connectivity index (χ4n) is 3.96. The van der Waals surface area contributed by atoms with Gasteiger partial charge in [-0.1, -0.05) is 37.1 Å². The van der Waals surface area contributed by atoms with Gasteiger partial charge in [-0.15, -0.1) is 0 Å². The van der Waals surface area contributed by atoms with E-state index in [2.05, 4.69) is 34.5 Å². The maximum Gasteiger partial charge on any atom is 0.251 e. The molecule has 2 aromatic rings. The highest BCUT2D eigenvalue weighted by Crippen LogP contribution is 2.16. The lowest BCUT2D eigenvalue weighted by atomic mass is 10.1. The first-order chi connectivity index (χ1) is 14.6. The van der Waals surface area contributed by atoms with Gasteiger partial charge in [0.2, 0.25) is 0 Å². The van der Waals surface area contributed by atoms with Gasteiger partial charge in [0.1, 0.15) is 5.75 Å². The Kier molecular flexibility index (Phi) is 8.76. The fraction of sp³-hybridized carbons (Fsp3) is 0.500. The number of hydrogen-bond donors (Lipinski definition) is 1. The monoisotopic (exact) mass is 408 g/mol. The largest absolute Gasteiger partial charge is 0.491 e. The molecular formula is C26H36N2O2. The van der Waals surface area contributed by atoms with Crippen LogP contribution in [0.3, 0.4) is 0 Å². The highest BCUT2D eigenvalue weighted by atomic mass is 16.5. The molecule has 30 heavy (non-hydrogen) atoms. The molecule has 162 valence electrons. The maximum atomic E-state index is 12.4. The van der Waals surface area contributed by atoms with Crippen molar-refractivity contribution in [3.63, 3.8) is 0 Å². The van der Waals surface area contributed by atoms with Crippen LogP contribution >= 0.6 is 0 Å². The molecule has 0 spiro atoms. The standard InChI is InChI=1S/C26H36N2O2/c1-21(2)30-25-11-7-9-22(19-25)10-8-16-27-26(29)24-14-12-23(13-15-24)20-28-17-5-3-4-6-18-28/h7,9,11-15,19,21H,3-6,8,10,16-18,20H2,1-2H3,(H,27,29). The molecule has 4 heteroatoms. The van der Waals surface area contributed by atoms with Crippen molar-refractivity contribution in [2.75, 3.05) is 19.6 Å². The van der Waals surface area contributed by atoms with Crippen molar-refractivity contribution in [2.24, 2.45) is 0 Å². The number of amides is 1. The van der Waals surface area contributed by atoms with Gasteiger partial charge in [-0.2, -0.15) is 0 Å². The van der Waals surface area contributed by atoms with E-state index in [9.17, 15) is 4.79 Å². The lowest BCUT2D eigenvalue weighted by Crippen LogP contribution is -2.25. The van der Waals surface area contributed by atoms with Gasteiger partial charge in [0, 0.05) is 18.7 Å². The van der Waals surface area contributed by atoms with Crippen molar-refractivity contribution in [1.29, 1.82) is 0 Å². The number of nitrogens with one attached hydrogen (secondary N) is 1. The van der Waals surface area contributed by atoms with E-state index in [-0.39, 0.29) is 12.0 Å². The average molecular weight is 409 g/mol. The third kappa shape index (κ3) is 7.49. The lowest BCUT2D eigenvalue weighted by molar-refractivity contribution is 0.0953. The summed E-state index contributed by atoms with van der Waals surface area (Å²) in [6.07, 6.45) is 7.31. The first-order valence-electron chi connectivity index (χ1n) is 11.5.